The van der Waals surface area contributed by atoms with Crippen LogP contribution in [0.2, 0.25) is 0 Å². The second-order valence-corrected chi connectivity index (χ2v) is 10.2. The Morgan fingerprint density at radius 1 is 0.731 bits per heavy atom. The van der Waals surface area contributed by atoms with Gasteiger partial charge in [-0.3, -0.25) is 0 Å². The van der Waals surface area contributed by atoms with Crippen LogP contribution in [0.4, 0.5) is 0 Å². The first-order valence-electron chi connectivity index (χ1n) is 9.34. The molecule has 138 valence electrons. The zero-order valence-corrected chi connectivity index (χ0v) is 18.9. The van der Waals surface area contributed by atoms with E-state index < -0.39 is 0 Å². The van der Waals surface area contributed by atoms with Crippen LogP contribution in [0, 0.1) is 0 Å². The van der Waals surface area contributed by atoms with Crippen molar-refractivity contribution in [2.45, 2.75) is 39.5 Å². The summed E-state index contributed by atoms with van der Waals surface area (Å²) in [5.41, 5.74) is 2.42. The molecule has 0 saturated carbocycles. The van der Waals surface area contributed by atoms with Crippen LogP contribution in [-0.2, 0) is 0 Å². The number of unbranched alkanes of at least 4 members (excludes halogenated alkanes) is 2. The number of benzene rings is 1. The molecule has 0 aliphatic heterocycles. The quantitative estimate of drug-likeness (QED) is 0.282. The van der Waals surface area contributed by atoms with Gasteiger partial charge in [0.15, 0.2) is 0 Å². The predicted octanol–water partition coefficient (Wildman–Crippen LogP) is 5.49. The zero-order chi connectivity index (χ0) is 18.2. The second kappa shape index (κ2) is 10.2. The van der Waals surface area contributed by atoms with Gasteiger partial charge in [0, 0.05) is 0 Å². The summed E-state index contributed by atoms with van der Waals surface area (Å²) >= 11 is 0.756. The fourth-order valence-corrected chi connectivity index (χ4v) is 5.84. The van der Waals surface area contributed by atoms with Crippen molar-refractivity contribution in [2.24, 2.45) is 0 Å². The molecular formula is C22H26O2Se2. The molecule has 0 spiro atoms. The van der Waals surface area contributed by atoms with Gasteiger partial charge in [0.2, 0.25) is 0 Å². The summed E-state index contributed by atoms with van der Waals surface area (Å²) in [6.07, 6.45) is 4.46. The van der Waals surface area contributed by atoms with Gasteiger partial charge in [0.1, 0.15) is 0 Å². The molecule has 4 heteroatoms. The van der Waals surface area contributed by atoms with Gasteiger partial charge in [-0.1, -0.05) is 0 Å². The van der Waals surface area contributed by atoms with Crippen molar-refractivity contribution in [1.29, 1.82) is 0 Å². The van der Waals surface area contributed by atoms with Crippen LogP contribution < -0.4 is 9.47 Å². The SMILES string of the molecule is CCCCOc1cc(-c2ccc[se]2)c(OCCCC)cc1-c1ccc[se]1. The number of hydrogen-bond acceptors (Lipinski definition) is 2. The Bertz CT molecular complexity index is 709. The number of hydrogen-bond donors (Lipinski definition) is 0. The van der Waals surface area contributed by atoms with Crippen LogP contribution in [0.5, 0.6) is 11.5 Å². The summed E-state index contributed by atoms with van der Waals surface area (Å²) in [5.74, 6) is 2.02. The molecule has 0 radical (unpaired) electrons. The van der Waals surface area contributed by atoms with Crippen molar-refractivity contribution in [3.05, 3.63) is 46.3 Å². The molecule has 2 heterocycles. The summed E-state index contributed by atoms with van der Waals surface area (Å²) in [6.45, 7) is 5.94. The third-order valence-corrected chi connectivity index (χ3v) is 7.96. The summed E-state index contributed by atoms with van der Waals surface area (Å²) in [5, 5.41) is 0. The maximum atomic E-state index is 6.22. The summed E-state index contributed by atoms with van der Waals surface area (Å²) in [4.78, 5) is 4.52. The van der Waals surface area contributed by atoms with Crippen molar-refractivity contribution in [3.63, 3.8) is 0 Å². The minimum atomic E-state index is 0.378. The summed E-state index contributed by atoms with van der Waals surface area (Å²) in [7, 11) is 0. The van der Waals surface area contributed by atoms with Gasteiger partial charge >= 0.3 is 169 Å². The van der Waals surface area contributed by atoms with E-state index in [0.29, 0.717) is 29.0 Å². The molecule has 2 aromatic heterocycles. The molecular weight excluding hydrogens is 454 g/mol. The van der Waals surface area contributed by atoms with Crippen molar-refractivity contribution in [3.8, 4) is 31.5 Å². The van der Waals surface area contributed by atoms with E-state index in [1.54, 1.807) is 0 Å². The second-order valence-electron chi connectivity index (χ2n) is 6.20. The molecule has 0 unspecified atom stereocenters. The fourth-order valence-electron chi connectivity index (χ4n) is 2.70. The molecule has 1 aromatic carbocycles. The third kappa shape index (κ3) is 4.96. The Kier molecular flexibility index (Phi) is 7.70. The van der Waals surface area contributed by atoms with Crippen molar-refractivity contribution in [1.82, 2.24) is 0 Å². The minimum absolute atomic E-state index is 0.378. The maximum absolute atomic E-state index is 6.22. The normalized spacial score (nSPS) is 10.8. The Balaban J connectivity index is 2.02. The number of ether oxygens (including phenoxy) is 2. The van der Waals surface area contributed by atoms with E-state index in [0.717, 1.165) is 50.4 Å². The standard InChI is InChI=1S/C22H26O2Se2/c1-3-5-11-23-19-15-18(22-10-8-14-26-22)20(24-12-6-4-2)16-17(19)21-9-7-13-25-21/h7-10,13-16H,3-6,11-12H2,1-2H3. The third-order valence-electron chi connectivity index (χ3n) is 4.17. The molecule has 0 amide bonds. The van der Waals surface area contributed by atoms with Gasteiger partial charge in [-0.25, -0.2) is 0 Å². The Morgan fingerprint density at radius 2 is 1.19 bits per heavy atom. The first-order valence-corrected chi connectivity index (χ1v) is 13.0. The fraction of sp³-hybridized carbons (Fsp3) is 0.364. The average Bonchev–Trinajstić information content (AvgIpc) is 3.36. The van der Waals surface area contributed by atoms with E-state index in [2.05, 4.69) is 60.1 Å². The number of rotatable bonds is 10. The molecule has 0 fully saturated rings. The molecule has 0 atom stereocenters. The molecule has 3 aromatic rings. The molecule has 26 heavy (non-hydrogen) atoms. The van der Waals surface area contributed by atoms with Crippen LogP contribution in [0.3, 0.4) is 0 Å². The van der Waals surface area contributed by atoms with Gasteiger partial charge in [-0.2, -0.15) is 0 Å². The van der Waals surface area contributed by atoms with Crippen LogP contribution in [0.25, 0.3) is 20.0 Å². The topological polar surface area (TPSA) is 18.5 Å². The molecule has 2 nitrogen and oxygen atoms in total. The molecule has 0 aliphatic rings. The van der Waals surface area contributed by atoms with E-state index >= 15 is 0 Å². The van der Waals surface area contributed by atoms with Crippen molar-refractivity contribution < 1.29 is 9.47 Å². The van der Waals surface area contributed by atoms with E-state index in [4.69, 9.17) is 9.47 Å². The Morgan fingerprint density at radius 3 is 1.54 bits per heavy atom. The Hall–Kier alpha value is -1.18. The van der Waals surface area contributed by atoms with E-state index in [-0.39, 0.29) is 0 Å². The average molecular weight is 480 g/mol. The first-order chi connectivity index (χ1) is 12.8. The molecule has 0 saturated heterocycles. The van der Waals surface area contributed by atoms with Crippen LogP contribution >= 0.6 is 0 Å². The summed E-state index contributed by atoms with van der Waals surface area (Å²) < 4.78 is 15.2. The molecule has 0 N–H and O–H groups in total. The molecule has 0 aliphatic carbocycles. The molecule has 0 bridgehead atoms. The van der Waals surface area contributed by atoms with Crippen LogP contribution in [-0.4, -0.2) is 42.2 Å². The van der Waals surface area contributed by atoms with Crippen molar-refractivity contribution >= 4 is 29.0 Å². The van der Waals surface area contributed by atoms with Crippen LogP contribution in [0.1, 0.15) is 39.5 Å². The summed E-state index contributed by atoms with van der Waals surface area (Å²) in [6, 6.07) is 13.2. The predicted molar refractivity (Wildman–Crippen MR) is 112 cm³/mol. The van der Waals surface area contributed by atoms with Gasteiger partial charge in [0.05, 0.1) is 0 Å². The van der Waals surface area contributed by atoms with Gasteiger partial charge < -0.3 is 0 Å². The van der Waals surface area contributed by atoms with E-state index in [9.17, 15) is 0 Å². The monoisotopic (exact) mass is 482 g/mol. The first kappa shape index (κ1) is 19.6. The van der Waals surface area contributed by atoms with E-state index in [1.807, 2.05) is 0 Å². The van der Waals surface area contributed by atoms with Gasteiger partial charge in [-0.05, 0) is 0 Å². The van der Waals surface area contributed by atoms with Gasteiger partial charge in [0.25, 0.3) is 0 Å². The van der Waals surface area contributed by atoms with E-state index in [1.165, 1.54) is 20.0 Å². The molecule has 3 rings (SSSR count). The Labute approximate surface area is 168 Å². The van der Waals surface area contributed by atoms with Crippen LogP contribution in [0.15, 0.2) is 46.3 Å². The van der Waals surface area contributed by atoms with Crippen molar-refractivity contribution in [2.75, 3.05) is 13.2 Å². The zero-order valence-electron chi connectivity index (χ0n) is 15.5. The van der Waals surface area contributed by atoms with Gasteiger partial charge in [-0.15, -0.1) is 0 Å².